The Balaban J connectivity index is 1.76. The van der Waals surface area contributed by atoms with Crippen LogP contribution in [0.4, 0.5) is 0 Å². The first kappa shape index (κ1) is 13.2. The Kier molecular flexibility index (Phi) is 4.22. The fourth-order valence-corrected chi connectivity index (χ4v) is 4.43. The molecule has 19 heavy (non-hydrogen) atoms. The van der Waals surface area contributed by atoms with Crippen LogP contribution in [0.2, 0.25) is 0 Å². The number of benzene rings is 1. The molecule has 104 valence electrons. The molecule has 1 aromatic rings. The predicted molar refractivity (Wildman–Crippen MR) is 81.3 cm³/mol. The van der Waals surface area contributed by atoms with Gasteiger partial charge in [0.2, 0.25) is 0 Å². The molecule has 3 unspecified atom stereocenters. The minimum absolute atomic E-state index is 0.717. The average molecular weight is 257 g/mol. The summed E-state index contributed by atoms with van der Waals surface area (Å²) in [6, 6.07) is 11.2. The Morgan fingerprint density at radius 3 is 2.53 bits per heavy atom. The average Bonchev–Trinajstić information content (AvgIpc) is 3.01. The minimum atomic E-state index is 0.717. The van der Waals surface area contributed by atoms with Crippen molar-refractivity contribution in [3.63, 3.8) is 0 Å². The Morgan fingerprint density at radius 2 is 1.79 bits per heavy atom. The van der Waals surface area contributed by atoms with Crippen LogP contribution < -0.4 is 5.32 Å². The summed E-state index contributed by atoms with van der Waals surface area (Å²) in [5.41, 5.74) is 1.54. The zero-order chi connectivity index (χ0) is 13.1. The Morgan fingerprint density at radius 1 is 1.05 bits per heavy atom. The van der Waals surface area contributed by atoms with E-state index in [0.717, 1.165) is 17.8 Å². The molecule has 3 atom stereocenters. The van der Waals surface area contributed by atoms with Gasteiger partial charge in [0, 0.05) is 0 Å². The topological polar surface area (TPSA) is 12.0 Å². The molecule has 0 amide bonds. The fraction of sp³-hybridized carbons (Fsp3) is 0.667. The molecular weight excluding hydrogens is 230 g/mol. The predicted octanol–water partition coefficient (Wildman–Crippen LogP) is 4.21. The van der Waals surface area contributed by atoms with E-state index < -0.39 is 0 Å². The van der Waals surface area contributed by atoms with Crippen LogP contribution in [-0.2, 0) is 0 Å². The molecule has 1 aliphatic carbocycles. The van der Waals surface area contributed by atoms with Crippen molar-refractivity contribution in [1.29, 1.82) is 0 Å². The molecule has 1 N–H and O–H groups in total. The van der Waals surface area contributed by atoms with E-state index in [4.69, 9.17) is 0 Å². The molecule has 1 heteroatoms. The second kappa shape index (κ2) is 6.09. The van der Waals surface area contributed by atoms with Gasteiger partial charge in [0.1, 0.15) is 0 Å². The molecule has 1 aromatic carbocycles. The van der Waals surface area contributed by atoms with Gasteiger partial charge in [0.15, 0.2) is 0 Å². The molecular formula is C18H27N. The van der Waals surface area contributed by atoms with Crippen LogP contribution in [0.15, 0.2) is 30.3 Å². The molecule has 2 fully saturated rings. The summed E-state index contributed by atoms with van der Waals surface area (Å²) in [4.78, 5) is 0. The van der Waals surface area contributed by atoms with Gasteiger partial charge in [-0.15, -0.1) is 0 Å². The van der Waals surface area contributed by atoms with Gasteiger partial charge >= 0.3 is 0 Å². The van der Waals surface area contributed by atoms with E-state index in [1.165, 1.54) is 50.8 Å². The van der Waals surface area contributed by atoms with E-state index in [1.54, 1.807) is 0 Å². The second-order valence-corrected chi connectivity index (χ2v) is 6.56. The summed E-state index contributed by atoms with van der Waals surface area (Å²) in [5, 5.41) is 3.65. The summed E-state index contributed by atoms with van der Waals surface area (Å²) in [6.45, 7) is 4.92. The highest BCUT2D eigenvalue weighted by Crippen LogP contribution is 2.42. The normalized spacial score (nSPS) is 30.4. The van der Waals surface area contributed by atoms with Gasteiger partial charge in [-0.1, -0.05) is 62.9 Å². The van der Waals surface area contributed by atoms with E-state index >= 15 is 0 Å². The molecule has 0 spiro atoms. The maximum atomic E-state index is 3.65. The Labute approximate surface area is 117 Å². The summed E-state index contributed by atoms with van der Waals surface area (Å²) in [7, 11) is 0. The SMILES string of the molecule is CC(c1ccccc1)C1CCNCC1C1CCCC1. The number of piperidine rings is 1. The van der Waals surface area contributed by atoms with E-state index in [2.05, 4.69) is 42.6 Å². The van der Waals surface area contributed by atoms with E-state index in [1.807, 2.05) is 0 Å². The quantitative estimate of drug-likeness (QED) is 0.855. The van der Waals surface area contributed by atoms with Crippen molar-refractivity contribution in [3.8, 4) is 0 Å². The maximum absolute atomic E-state index is 3.65. The monoisotopic (exact) mass is 257 g/mol. The van der Waals surface area contributed by atoms with Crippen LogP contribution in [0.5, 0.6) is 0 Å². The molecule has 1 heterocycles. The van der Waals surface area contributed by atoms with Gasteiger partial charge < -0.3 is 5.32 Å². The molecule has 1 saturated carbocycles. The third-order valence-corrected chi connectivity index (χ3v) is 5.56. The van der Waals surface area contributed by atoms with Gasteiger partial charge in [-0.25, -0.2) is 0 Å². The van der Waals surface area contributed by atoms with Crippen molar-refractivity contribution in [2.75, 3.05) is 13.1 Å². The van der Waals surface area contributed by atoms with Crippen LogP contribution in [0.25, 0.3) is 0 Å². The molecule has 1 aliphatic heterocycles. The molecule has 1 nitrogen and oxygen atoms in total. The molecule has 0 radical (unpaired) electrons. The third kappa shape index (κ3) is 2.86. The van der Waals surface area contributed by atoms with Crippen molar-refractivity contribution >= 4 is 0 Å². The lowest BCUT2D eigenvalue weighted by Gasteiger charge is -2.40. The van der Waals surface area contributed by atoms with Crippen molar-refractivity contribution in [2.45, 2.75) is 44.9 Å². The van der Waals surface area contributed by atoms with Gasteiger partial charge in [0.25, 0.3) is 0 Å². The lowest BCUT2D eigenvalue weighted by atomic mass is 9.69. The van der Waals surface area contributed by atoms with Crippen molar-refractivity contribution < 1.29 is 0 Å². The third-order valence-electron chi connectivity index (χ3n) is 5.56. The van der Waals surface area contributed by atoms with Gasteiger partial charge in [-0.2, -0.15) is 0 Å². The lowest BCUT2D eigenvalue weighted by molar-refractivity contribution is 0.156. The molecule has 0 aromatic heterocycles. The largest absolute Gasteiger partial charge is 0.316 e. The van der Waals surface area contributed by atoms with Crippen LogP contribution >= 0.6 is 0 Å². The minimum Gasteiger partial charge on any atom is -0.316 e. The zero-order valence-electron chi connectivity index (χ0n) is 12.1. The molecule has 2 aliphatic rings. The fourth-order valence-electron chi connectivity index (χ4n) is 4.43. The van der Waals surface area contributed by atoms with Gasteiger partial charge in [-0.05, 0) is 48.7 Å². The van der Waals surface area contributed by atoms with Crippen molar-refractivity contribution in [2.24, 2.45) is 17.8 Å². The van der Waals surface area contributed by atoms with Crippen molar-refractivity contribution in [3.05, 3.63) is 35.9 Å². The van der Waals surface area contributed by atoms with Gasteiger partial charge in [-0.3, -0.25) is 0 Å². The first-order valence-electron chi connectivity index (χ1n) is 8.12. The Bertz CT molecular complexity index is 380. The second-order valence-electron chi connectivity index (χ2n) is 6.56. The van der Waals surface area contributed by atoms with Crippen LogP contribution in [0, 0.1) is 17.8 Å². The summed E-state index contributed by atoms with van der Waals surface area (Å²) in [5.74, 6) is 3.50. The van der Waals surface area contributed by atoms with E-state index in [9.17, 15) is 0 Å². The lowest BCUT2D eigenvalue weighted by Crippen LogP contribution is -2.41. The smallest absolute Gasteiger partial charge is 0.00150 e. The standard InChI is InChI=1S/C18H27N/c1-14(15-7-3-2-4-8-15)17-11-12-19-13-18(17)16-9-5-6-10-16/h2-4,7-8,14,16-19H,5-6,9-13H2,1H3. The van der Waals surface area contributed by atoms with Crippen LogP contribution in [0.3, 0.4) is 0 Å². The van der Waals surface area contributed by atoms with Crippen molar-refractivity contribution in [1.82, 2.24) is 5.32 Å². The molecule has 3 rings (SSSR count). The summed E-state index contributed by atoms with van der Waals surface area (Å²) < 4.78 is 0. The number of rotatable bonds is 3. The number of hydrogen-bond acceptors (Lipinski definition) is 1. The number of nitrogens with one attached hydrogen (secondary N) is 1. The Hall–Kier alpha value is -0.820. The summed E-state index contributed by atoms with van der Waals surface area (Å²) >= 11 is 0. The van der Waals surface area contributed by atoms with E-state index in [0.29, 0.717) is 5.92 Å². The molecule has 0 bridgehead atoms. The van der Waals surface area contributed by atoms with E-state index in [-0.39, 0.29) is 0 Å². The number of hydrogen-bond donors (Lipinski definition) is 1. The van der Waals surface area contributed by atoms with Crippen LogP contribution in [0.1, 0.15) is 50.5 Å². The highest BCUT2D eigenvalue weighted by molar-refractivity contribution is 5.20. The first-order valence-corrected chi connectivity index (χ1v) is 8.12. The zero-order valence-corrected chi connectivity index (χ0v) is 12.1. The maximum Gasteiger partial charge on any atom is -0.00150 e. The highest BCUT2D eigenvalue weighted by atomic mass is 14.9. The summed E-state index contributed by atoms with van der Waals surface area (Å²) in [6.07, 6.45) is 7.24. The molecule has 1 saturated heterocycles. The highest BCUT2D eigenvalue weighted by Gasteiger charge is 2.36. The first-order chi connectivity index (χ1) is 9.36. The van der Waals surface area contributed by atoms with Gasteiger partial charge in [0.05, 0.1) is 0 Å². The van der Waals surface area contributed by atoms with Crippen LogP contribution in [-0.4, -0.2) is 13.1 Å².